The zero-order valence-electron chi connectivity index (χ0n) is 11.3. The summed E-state index contributed by atoms with van der Waals surface area (Å²) >= 11 is 0. The van der Waals surface area contributed by atoms with Gasteiger partial charge in [0.25, 0.3) is 0 Å². The van der Waals surface area contributed by atoms with Crippen molar-refractivity contribution in [2.75, 3.05) is 25.4 Å². The van der Waals surface area contributed by atoms with Crippen LogP contribution in [0.4, 0.5) is 0 Å². The Morgan fingerprint density at radius 2 is 2.29 bits per heavy atom. The average Bonchev–Trinajstić information content (AvgIpc) is 2.81. The Morgan fingerprint density at radius 1 is 1.53 bits per heavy atom. The van der Waals surface area contributed by atoms with Crippen LogP contribution in [0.5, 0.6) is 0 Å². The van der Waals surface area contributed by atoms with Crippen LogP contribution in [0.3, 0.4) is 0 Å². The minimum Gasteiger partial charge on any atom is -0.377 e. The molecule has 2 aliphatic heterocycles. The molecular weight excluding hydrogens is 234 g/mol. The first-order valence-electron chi connectivity index (χ1n) is 6.81. The van der Waals surface area contributed by atoms with E-state index in [0.29, 0.717) is 11.4 Å². The standard InChI is InChI=1S/C13H25NO2S/c1-4-17(15)12-8-13(10-16-11(2)3)6-5-7-14(13)9-12/h11-12H,4-10H2,1-3H3/t12-,13-,17?/m0/s1. The van der Waals surface area contributed by atoms with Gasteiger partial charge in [-0.2, -0.15) is 0 Å². The molecule has 0 amide bonds. The van der Waals surface area contributed by atoms with Gasteiger partial charge in [0, 0.05) is 33.9 Å². The van der Waals surface area contributed by atoms with Gasteiger partial charge in [-0.3, -0.25) is 9.11 Å². The second-order valence-corrected chi connectivity index (χ2v) is 7.63. The van der Waals surface area contributed by atoms with E-state index >= 15 is 0 Å². The number of nitrogens with zero attached hydrogens (tertiary/aromatic N) is 1. The van der Waals surface area contributed by atoms with Crippen molar-refractivity contribution >= 4 is 10.8 Å². The number of rotatable bonds is 5. The van der Waals surface area contributed by atoms with Crippen LogP contribution < -0.4 is 0 Å². The lowest BCUT2D eigenvalue weighted by molar-refractivity contribution is 0.00314. The van der Waals surface area contributed by atoms with Crippen LogP contribution in [0.2, 0.25) is 0 Å². The van der Waals surface area contributed by atoms with Crippen molar-refractivity contribution in [2.45, 2.75) is 56.9 Å². The van der Waals surface area contributed by atoms with Gasteiger partial charge >= 0.3 is 0 Å². The highest BCUT2D eigenvalue weighted by molar-refractivity contribution is 7.85. The molecule has 2 saturated heterocycles. The summed E-state index contributed by atoms with van der Waals surface area (Å²) in [6.45, 7) is 9.21. The monoisotopic (exact) mass is 259 g/mol. The molecule has 0 saturated carbocycles. The number of hydrogen-bond acceptors (Lipinski definition) is 3. The van der Waals surface area contributed by atoms with Gasteiger partial charge in [-0.15, -0.1) is 0 Å². The van der Waals surface area contributed by atoms with Crippen molar-refractivity contribution in [1.82, 2.24) is 4.90 Å². The number of ether oxygens (including phenoxy) is 1. The first kappa shape index (κ1) is 13.5. The molecule has 1 unspecified atom stereocenters. The van der Waals surface area contributed by atoms with Crippen LogP contribution in [0, 0.1) is 0 Å². The molecule has 0 aromatic carbocycles. The Kier molecular flexibility index (Phi) is 4.26. The number of hydrogen-bond donors (Lipinski definition) is 0. The van der Waals surface area contributed by atoms with Gasteiger partial charge in [0.1, 0.15) is 0 Å². The minimum absolute atomic E-state index is 0.208. The number of fused-ring (bicyclic) bond motifs is 1. The zero-order valence-corrected chi connectivity index (χ0v) is 12.1. The Morgan fingerprint density at radius 3 is 2.94 bits per heavy atom. The largest absolute Gasteiger partial charge is 0.377 e. The first-order valence-corrected chi connectivity index (χ1v) is 8.19. The fourth-order valence-electron chi connectivity index (χ4n) is 3.20. The normalized spacial score (nSPS) is 35.4. The molecule has 0 aromatic rings. The van der Waals surface area contributed by atoms with Gasteiger partial charge in [-0.1, -0.05) is 6.92 Å². The lowest BCUT2D eigenvalue weighted by atomic mass is 9.95. The second-order valence-electron chi connectivity index (χ2n) is 5.63. The van der Waals surface area contributed by atoms with Crippen molar-refractivity contribution in [3.05, 3.63) is 0 Å². The average molecular weight is 259 g/mol. The van der Waals surface area contributed by atoms with E-state index in [4.69, 9.17) is 4.74 Å². The molecule has 100 valence electrons. The summed E-state index contributed by atoms with van der Waals surface area (Å²) < 4.78 is 17.8. The van der Waals surface area contributed by atoms with Crippen molar-refractivity contribution in [3.63, 3.8) is 0 Å². The van der Waals surface area contributed by atoms with Gasteiger partial charge in [0.05, 0.1) is 12.7 Å². The van der Waals surface area contributed by atoms with E-state index in [1.54, 1.807) is 0 Å². The molecule has 0 radical (unpaired) electrons. The molecule has 3 atom stereocenters. The quantitative estimate of drug-likeness (QED) is 0.754. The molecule has 2 rings (SSSR count). The predicted molar refractivity (Wildman–Crippen MR) is 71.7 cm³/mol. The molecule has 2 fully saturated rings. The third-order valence-corrected chi connectivity index (χ3v) is 5.74. The molecule has 2 heterocycles. The minimum atomic E-state index is -0.649. The van der Waals surface area contributed by atoms with Gasteiger partial charge in [-0.05, 0) is 39.7 Å². The molecule has 0 spiro atoms. The summed E-state index contributed by atoms with van der Waals surface area (Å²) in [5.74, 6) is 0.791. The lowest BCUT2D eigenvalue weighted by Crippen LogP contribution is -2.43. The van der Waals surface area contributed by atoms with Gasteiger partial charge in [0.15, 0.2) is 0 Å². The van der Waals surface area contributed by atoms with Crippen LogP contribution in [0.1, 0.15) is 40.0 Å². The van der Waals surface area contributed by atoms with E-state index in [9.17, 15) is 4.21 Å². The van der Waals surface area contributed by atoms with Crippen LogP contribution in [0.25, 0.3) is 0 Å². The fourth-order valence-corrected chi connectivity index (χ4v) is 4.51. The molecule has 0 N–H and O–H groups in total. The Balaban J connectivity index is 2.01. The maximum Gasteiger partial charge on any atom is 0.0654 e. The third kappa shape index (κ3) is 2.74. The highest BCUT2D eigenvalue weighted by Gasteiger charge is 2.49. The van der Waals surface area contributed by atoms with E-state index in [1.807, 2.05) is 6.92 Å². The topological polar surface area (TPSA) is 29.5 Å². The molecular formula is C13H25NO2S. The van der Waals surface area contributed by atoms with Crippen molar-refractivity contribution in [1.29, 1.82) is 0 Å². The van der Waals surface area contributed by atoms with Crippen molar-refractivity contribution in [3.8, 4) is 0 Å². The molecule has 0 aromatic heterocycles. The van der Waals surface area contributed by atoms with Crippen LogP contribution in [-0.2, 0) is 15.5 Å². The lowest BCUT2D eigenvalue weighted by Gasteiger charge is -2.32. The van der Waals surface area contributed by atoms with Gasteiger partial charge in [0.2, 0.25) is 0 Å². The maximum absolute atomic E-state index is 12.0. The van der Waals surface area contributed by atoms with Gasteiger partial charge in [-0.25, -0.2) is 0 Å². The van der Waals surface area contributed by atoms with E-state index in [1.165, 1.54) is 19.4 Å². The van der Waals surface area contributed by atoms with Crippen molar-refractivity contribution in [2.24, 2.45) is 0 Å². The summed E-state index contributed by atoms with van der Waals surface area (Å²) in [6.07, 6.45) is 3.85. The van der Waals surface area contributed by atoms with Crippen LogP contribution >= 0.6 is 0 Å². The third-order valence-electron chi connectivity index (χ3n) is 4.11. The highest BCUT2D eigenvalue weighted by atomic mass is 32.2. The molecule has 17 heavy (non-hydrogen) atoms. The predicted octanol–water partition coefficient (Wildman–Crippen LogP) is 1.79. The first-order chi connectivity index (χ1) is 8.07. The second kappa shape index (κ2) is 5.37. The SMILES string of the molecule is CCS(=O)[C@@H]1CN2CCC[C@@]2(COC(C)C)C1. The smallest absolute Gasteiger partial charge is 0.0654 e. The molecule has 3 nitrogen and oxygen atoms in total. The van der Waals surface area contributed by atoms with E-state index in [0.717, 1.165) is 25.3 Å². The summed E-state index contributed by atoms with van der Waals surface area (Å²) in [7, 11) is -0.649. The summed E-state index contributed by atoms with van der Waals surface area (Å²) in [6, 6.07) is 0. The molecule has 2 aliphatic rings. The summed E-state index contributed by atoms with van der Waals surface area (Å²) in [4.78, 5) is 2.54. The summed E-state index contributed by atoms with van der Waals surface area (Å²) in [5.41, 5.74) is 0.208. The molecule has 4 heteroatoms. The zero-order chi connectivity index (χ0) is 12.5. The Bertz CT molecular complexity index is 295. The van der Waals surface area contributed by atoms with E-state index in [2.05, 4.69) is 18.7 Å². The Labute approximate surface area is 107 Å². The van der Waals surface area contributed by atoms with E-state index < -0.39 is 10.8 Å². The van der Waals surface area contributed by atoms with Crippen LogP contribution in [0.15, 0.2) is 0 Å². The van der Waals surface area contributed by atoms with Gasteiger partial charge < -0.3 is 4.74 Å². The molecule has 0 aliphatic carbocycles. The van der Waals surface area contributed by atoms with E-state index in [-0.39, 0.29) is 5.54 Å². The summed E-state index contributed by atoms with van der Waals surface area (Å²) in [5, 5.41) is 0.371. The Hall–Kier alpha value is 0.0700. The molecule has 0 bridgehead atoms. The highest BCUT2D eigenvalue weighted by Crippen LogP contribution is 2.40. The maximum atomic E-state index is 12.0. The van der Waals surface area contributed by atoms with Crippen LogP contribution in [-0.4, -0.2) is 51.5 Å². The van der Waals surface area contributed by atoms with Crippen molar-refractivity contribution < 1.29 is 8.95 Å². The fraction of sp³-hybridized carbons (Fsp3) is 1.00.